The average Bonchev–Trinajstić information content (AvgIpc) is 2.41. The lowest BCUT2D eigenvalue weighted by atomic mass is 10.1. The topological polar surface area (TPSA) is 64.5 Å². The molecule has 0 atom stereocenters. The number of aryl methyl sites for hydroxylation is 1. The van der Waals surface area contributed by atoms with Crippen LogP contribution in [0.1, 0.15) is 5.56 Å². The Labute approximate surface area is 105 Å². The van der Waals surface area contributed by atoms with Gasteiger partial charge in [-0.15, -0.1) is 0 Å². The smallest absolute Gasteiger partial charge is 0.220 e. The molecule has 1 heterocycles. The van der Waals surface area contributed by atoms with Gasteiger partial charge in [-0.3, -0.25) is 0 Å². The van der Waals surface area contributed by atoms with Crippen molar-refractivity contribution < 1.29 is 14.6 Å². The first-order valence-corrected chi connectivity index (χ1v) is 5.41. The van der Waals surface area contributed by atoms with Crippen LogP contribution in [0.3, 0.4) is 0 Å². The van der Waals surface area contributed by atoms with E-state index in [1.165, 1.54) is 14.2 Å². The van der Waals surface area contributed by atoms with Crippen LogP contribution in [0.2, 0.25) is 0 Å². The van der Waals surface area contributed by atoms with Crippen molar-refractivity contribution in [3.8, 4) is 28.9 Å². The van der Waals surface area contributed by atoms with Crippen molar-refractivity contribution in [3.05, 3.63) is 29.8 Å². The number of hydrogen-bond acceptors (Lipinski definition) is 5. The number of hydrogen-bond donors (Lipinski definition) is 1. The van der Waals surface area contributed by atoms with Gasteiger partial charge < -0.3 is 14.6 Å². The highest BCUT2D eigenvalue weighted by Gasteiger charge is 2.08. The summed E-state index contributed by atoms with van der Waals surface area (Å²) in [6.07, 6.45) is 0. The molecule has 0 unspecified atom stereocenters. The van der Waals surface area contributed by atoms with E-state index >= 15 is 0 Å². The van der Waals surface area contributed by atoms with Crippen molar-refractivity contribution in [2.24, 2.45) is 0 Å². The molecule has 2 rings (SSSR count). The molecule has 94 valence electrons. The van der Waals surface area contributed by atoms with Gasteiger partial charge in [-0.25, -0.2) is 0 Å². The Morgan fingerprint density at radius 2 is 1.61 bits per heavy atom. The van der Waals surface area contributed by atoms with E-state index in [1.54, 1.807) is 18.2 Å². The summed E-state index contributed by atoms with van der Waals surface area (Å²) in [7, 11) is 3.07. The zero-order chi connectivity index (χ0) is 13.1. The van der Waals surface area contributed by atoms with Gasteiger partial charge in [0.1, 0.15) is 5.75 Å². The zero-order valence-corrected chi connectivity index (χ0v) is 10.5. The van der Waals surface area contributed by atoms with Crippen molar-refractivity contribution >= 4 is 0 Å². The molecule has 0 saturated carbocycles. The predicted octanol–water partition coefficient (Wildman–Crippen LogP) is 2.17. The molecule has 0 amide bonds. The highest BCUT2D eigenvalue weighted by molar-refractivity contribution is 5.59. The van der Waals surface area contributed by atoms with Gasteiger partial charge in [-0.1, -0.05) is 0 Å². The Bertz CT molecular complexity index is 548. The molecule has 2 aromatic rings. The summed E-state index contributed by atoms with van der Waals surface area (Å²) in [5.41, 5.74) is 1.56. The third kappa shape index (κ3) is 2.34. The van der Waals surface area contributed by atoms with E-state index in [9.17, 15) is 5.11 Å². The number of benzene rings is 1. The molecule has 0 aliphatic carbocycles. The number of methoxy groups -OCH3 is 2. The maximum Gasteiger partial charge on any atom is 0.220 e. The van der Waals surface area contributed by atoms with Crippen molar-refractivity contribution in [1.29, 1.82) is 0 Å². The fourth-order valence-corrected chi connectivity index (χ4v) is 1.54. The Hall–Kier alpha value is -2.30. The number of aromatic nitrogens is 2. The van der Waals surface area contributed by atoms with Crippen LogP contribution >= 0.6 is 0 Å². The Kier molecular flexibility index (Phi) is 3.32. The lowest BCUT2D eigenvalue weighted by Crippen LogP contribution is -1.97. The number of phenols is 1. The Morgan fingerprint density at radius 3 is 2.11 bits per heavy atom. The molecule has 1 aromatic heterocycles. The fraction of sp³-hybridized carbons (Fsp3) is 0.231. The molecule has 0 bridgehead atoms. The Morgan fingerprint density at radius 1 is 1.00 bits per heavy atom. The molecule has 0 radical (unpaired) electrons. The molecule has 0 fully saturated rings. The average molecular weight is 246 g/mol. The van der Waals surface area contributed by atoms with E-state index in [0.29, 0.717) is 17.6 Å². The molecule has 0 saturated heterocycles. The van der Waals surface area contributed by atoms with Gasteiger partial charge in [0.2, 0.25) is 11.8 Å². The molecule has 5 heteroatoms. The SMILES string of the molecule is COc1cc(OC)nc(-c2ccc(O)c(C)c2)n1. The first kappa shape index (κ1) is 12.2. The number of aromatic hydroxyl groups is 1. The minimum atomic E-state index is 0.244. The van der Waals surface area contributed by atoms with Crippen LogP contribution in [0.25, 0.3) is 11.4 Å². The summed E-state index contributed by atoms with van der Waals surface area (Å²) in [4.78, 5) is 8.49. The third-order valence-corrected chi connectivity index (χ3v) is 2.55. The van der Waals surface area contributed by atoms with E-state index in [0.717, 1.165) is 11.1 Å². The van der Waals surface area contributed by atoms with Gasteiger partial charge in [0.25, 0.3) is 0 Å². The van der Waals surface area contributed by atoms with Crippen LogP contribution in [0.15, 0.2) is 24.3 Å². The standard InChI is InChI=1S/C13H14N2O3/c1-8-6-9(4-5-10(8)16)13-14-11(17-2)7-12(15-13)18-3/h4-7,16H,1-3H3. The number of nitrogens with zero attached hydrogens (tertiary/aromatic N) is 2. The van der Waals surface area contributed by atoms with Crippen LogP contribution < -0.4 is 9.47 Å². The second-order valence-electron chi connectivity index (χ2n) is 3.78. The summed E-state index contributed by atoms with van der Waals surface area (Å²) in [5, 5.41) is 9.50. The van der Waals surface area contributed by atoms with Gasteiger partial charge in [0.15, 0.2) is 5.82 Å². The summed E-state index contributed by atoms with van der Waals surface area (Å²) >= 11 is 0. The molecule has 1 aromatic carbocycles. The molecular weight excluding hydrogens is 232 g/mol. The first-order chi connectivity index (χ1) is 8.63. The van der Waals surface area contributed by atoms with Gasteiger partial charge in [-0.05, 0) is 30.7 Å². The molecule has 0 aliphatic rings. The van der Waals surface area contributed by atoms with Crippen LogP contribution in [0, 0.1) is 6.92 Å². The van der Waals surface area contributed by atoms with E-state index in [-0.39, 0.29) is 5.75 Å². The largest absolute Gasteiger partial charge is 0.508 e. The van der Waals surface area contributed by atoms with Crippen LogP contribution in [-0.2, 0) is 0 Å². The van der Waals surface area contributed by atoms with Crippen molar-refractivity contribution in [3.63, 3.8) is 0 Å². The predicted molar refractivity (Wildman–Crippen MR) is 67.0 cm³/mol. The Balaban J connectivity index is 2.51. The number of ether oxygens (including phenoxy) is 2. The van der Waals surface area contributed by atoms with Crippen LogP contribution in [-0.4, -0.2) is 29.3 Å². The highest BCUT2D eigenvalue weighted by Crippen LogP contribution is 2.26. The quantitative estimate of drug-likeness (QED) is 0.899. The number of phenolic OH excluding ortho intramolecular Hbond substituents is 1. The molecule has 1 N–H and O–H groups in total. The summed E-state index contributed by atoms with van der Waals surface area (Å²) in [6, 6.07) is 6.77. The van der Waals surface area contributed by atoms with Crippen molar-refractivity contribution in [1.82, 2.24) is 9.97 Å². The summed E-state index contributed by atoms with van der Waals surface area (Å²) in [6.45, 7) is 1.82. The molecule has 18 heavy (non-hydrogen) atoms. The zero-order valence-electron chi connectivity index (χ0n) is 10.5. The summed E-state index contributed by atoms with van der Waals surface area (Å²) in [5.74, 6) is 1.60. The second kappa shape index (κ2) is 4.91. The maximum absolute atomic E-state index is 9.50. The van der Waals surface area contributed by atoms with E-state index in [1.807, 2.05) is 13.0 Å². The molecule has 5 nitrogen and oxygen atoms in total. The second-order valence-corrected chi connectivity index (χ2v) is 3.78. The van der Waals surface area contributed by atoms with E-state index in [2.05, 4.69) is 9.97 Å². The fourth-order valence-electron chi connectivity index (χ4n) is 1.54. The van der Waals surface area contributed by atoms with Crippen LogP contribution in [0.4, 0.5) is 0 Å². The molecule has 0 aliphatic heterocycles. The monoisotopic (exact) mass is 246 g/mol. The lowest BCUT2D eigenvalue weighted by Gasteiger charge is -2.07. The molecule has 0 spiro atoms. The minimum absolute atomic E-state index is 0.244. The van der Waals surface area contributed by atoms with E-state index < -0.39 is 0 Å². The van der Waals surface area contributed by atoms with Gasteiger partial charge in [-0.2, -0.15) is 9.97 Å². The van der Waals surface area contributed by atoms with E-state index in [4.69, 9.17) is 9.47 Å². The normalized spacial score (nSPS) is 10.2. The maximum atomic E-state index is 9.50. The van der Waals surface area contributed by atoms with Crippen molar-refractivity contribution in [2.45, 2.75) is 6.92 Å². The minimum Gasteiger partial charge on any atom is -0.508 e. The first-order valence-electron chi connectivity index (χ1n) is 5.41. The van der Waals surface area contributed by atoms with Crippen molar-refractivity contribution in [2.75, 3.05) is 14.2 Å². The van der Waals surface area contributed by atoms with Gasteiger partial charge in [0, 0.05) is 5.56 Å². The highest BCUT2D eigenvalue weighted by atomic mass is 16.5. The molecular formula is C13H14N2O3. The lowest BCUT2D eigenvalue weighted by molar-refractivity contribution is 0.372. The van der Waals surface area contributed by atoms with Gasteiger partial charge in [0.05, 0.1) is 20.3 Å². The van der Waals surface area contributed by atoms with Crippen LogP contribution in [0.5, 0.6) is 17.5 Å². The number of rotatable bonds is 3. The van der Waals surface area contributed by atoms with Gasteiger partial charge >= 0.3 is 0 Å². The summed E-state index contributed by atoms with van der Waals surface area (Å²) < 4.78 is 10.2. The third-order valence-electron chi connectivity index (χ3n) is 2.55.